The van der Waals surface area contributed by atoms with Gasteiger partial charge in [0.1, 0.15) is 18.4 Å². The van der Waals surface area contributed by atoms with E-state index in [0.717, 1.165) is 24.5 Å². The van der Waals surface area contributed by atoms with Crippen LogP contribution < -0.4 is 15.4 Å². The molecule has 0 bridgehead atoms. The van der Waals surface area contributed by atoms with E-state index < -0.39 is 0 Å². The van der Waals surface area contributed by atoms with Crippen molar-refractivity contribution in [3.63, 3.8) is 0 Å². The van der Waals surface area contributed by atoms with Crippen LogP contribution in [0.3, 0.4) is 0 Å². The average Bonchev–Trinajstić information content (AvgIpc) is 3.15. The fraction of sp³-hybridized carbons (Fsp3) is 0.632. The fourth-order valence-corrected chi connectivity index (χ4v) is 3.33. The molecular formula is C19H31Cl2N3O3. The lowest BCUT2D eigenvalue weighted by molar-refractivity contribution is -0.129. The highest BCUT2D eigenvalue weighted by molar-refractivity contribution is 5.85. The third-order valence-corrected chi connectivity index (χ3v) is 4.86. The van der Waals surface area contributed by atoms with Crippen molar-refractivity contribution in [3.05, 3.63) is 29.8 Å². The second kappa shape index (κ2) is 12.4. The number of benzene rings is 1. The van der Waals surface area contributed by atoms with E-state index in [1.54, 1.807) is 0 Å². The van der Waals surface area contributed by atoms with Crippen LogP contribution in [0.4, 0.5) is 0 Å². The summed E-state index contributed by atoms with van der Waals surface area (Å²) in [5, 5.41) is 6.17. The Morgan fingerprint density at radius 3 is 2.63 bits per heavy atom. The lowest BCUT2D eigenvalue weighted by atomic mass is 10.1. The Bertz CT molecular complexity index is 554. The van der Waals surface area contributed by atoms with Gasteiger partial charge in [0, 0.05) is 19.6 Å². The highest BCUT2D eigenvalue weighted by Gasteiger charge is 2.27. The Labute approximate surface area is 174 Å². The van der Waals surface area contributed by atoms with E-state index in [1.807, 2.05) is 31.2 Å². The second-order valence-electron chi connectivity index (χ2n) is 6.77. The summed E-state index contributed by atoms with van der Waals surface area (Å²) in [6.07, 6.45) is 2.52. The van der Waals surface area contributed by atoms with Gasteiger partial charge < -0.3 is 20.1 Å². The number of carbonyl (C=O) groups is 1. The van der Waals surface area contributed by atoms with Gasteiger partial charge in [-0.05, 0) is 50.6 Å². The topological polar surface area (TPSA) is 62.8 Å². The molecule has 27 heavy (non-hydrogen) atoms. The third kappa shape index (κ3) is 7.47. The molecule has 1 aromatic rings. The zero-order valence-corrected chi connectivity index (χ0v) is 17.4. The SMILES string of the molecule is C[C@H]1OCCN[C@@H]1C(=O)NCc1ccc(OCCN2CCCC2)cc1.Cl.Cl. The largest absolute Gasteiger partial charge is 0.492 e. The number of likely N-dealkylation sites (tertiary alicyclic amines) is 1. The van der Waals surface area contributed by atoms with E-state index >= 15 is 0 Å². The van der Waals surface area contributed by atoms with Crippen LogP contribution in [0, 0.1) is 0 Å². The molecule has 2 N–H and O–H groups in total. The molecule has 0 radical (unpaired) electrons. The lowest BCUT2D eigenvalue weighted by Crippen LogP contribution is -2.55. The second-order valence-corrected chi connectivity index (χ2v) is 6.77. The van der Waals surface area contributed by atoms with Gasteiger partial charge in [0.2, 0.25) is 5.91 Å². The maximum Gasteiger partial charge on any atom is 0.240 e. The molecule has 0 spiro atoms. The highest BCUT2D eigenvalue weighted by atomic mass is 35.5. The fourth-order valence-electron chi connectivity index (χ4n) is 3.33. The van der Waals surface area contributed by atoms with Gasteiger partial charge in [0.25, 0.3) is 0 Å². The standard InChI is InChI=1S/C19H29N3O3.2ClH/c1-15-18(20-8-12-24-15)19(23)21-14-16-4-6-17(7-5-16)25-13-11-22-9-2-3-10-22;;/h4-7,15,18,20H,2-3,8-14H2,1H3,(H,21,23);2*1H/t15-,18+;;/m1../s1. The van der Waals surface area contributed by atoms with Gasteiger partial charge in [-0.2, -0.15) is 0 Å². The van der Waals surface area contributed by atoms with Crippen molar-refractivity contribution in [1.29, 1.82) is 0 Å². The van der Waals surface area contributed by atoms with Crippen molar-refractivity contribution >= 4 is 30.7 Å². The van der Waals surface area contributed by atoms with Crippen LogP contribution in [0.1, 0.15) is 25.3 Å². The minimum absolute atomic E-state index is 0. The highest BCUT2D eigenvalue weighted by Crippen LogP contribution is 2.13. The number of halogens is 2. The van der Waals surface area contributed by atoms with Crippen LogP contribution in [0.5, 0.6) is 5.75 Å². The minimum Gasteiger partial charge on any atom is -0.492 e. The van der Waals surface area contributed by atoms with E-state index in [1.165, 1.54) is 25.9 Å². The van der Waals surface area contributed by atoms with Gasteiger partial charge in [-0.3, -0.25) is 9.69 Å². The Morgan fingerprint density at radius 2 is 1.96 bits per heavy atom. The van der Waals surface area contributed by atoms with Crippen molar-refractivity contribution in [1.82, 2.24) is 15.5 Å². The van der Waals surface area contributed by atoms with Crippen LogP contribution >= 0.6 is 24.8 Å². The first-order valence-corrected chi connectivity index (χ1v) is 9.29. The predicted molar refractivity (Wildman–Crippen MR) is 111 cm³/mol. The van der Waals surface area contributed by atoms with Gasteiger partial charge in [-0.15, -0.1) is 24.8 Å². The molecule has 0 aromatic heterocycles. The minimum atomic E-state index is -0.276. The first-order valence-electron chi connectivity index (χ1n) is 9.29. The Kier molecular flexibility index (Phi) is 11.0. The number of nitrogens with zero attached hydrogens (tertiary/aromatic N) is 1. The van der Waals surface area contributed by atoms with E-state index in [0.29, 0.717) is 19.7 Å². The average molecular weight is 420 g/mol. The van der Waals surface area contributed by atoms with Gasteiger partial charge in [-0.1, -0.05) is 12.1 Å². The molecule has 1 amide bonds. The normalized spacial score (nSPS) is 22.4. The monoisotopic (exact) mass is 419 g/mol. The maximum atomic E-state index is 12.2. The van der Waals surface area contributed by atoms with Crippen molar-refractivity contribution in [2.45, 2.75) is 38.5 Å². The van der Waals surface area contributed by atoms with E-state index in [4.69, 9.17) is 9.47 Å². The van der Waals surface area contributed by atoms with Gasteiger partial charge in [0.05, 0.1) is 12.7 Å². The van der Waals surface area contributed by atoms with E-state index in [-0.39, 0.29) is 42.9 Å². The van der Waals surface area contributed by atoms with Crippen LogP contribution in [-0.2, 0) is 16.1 Å². The van der Waals surface area contributed by atoms with Crippen molar-refractivity contribution < 1.29 is 14.3 Å². The quantitative estimate of drug-likeness (QED) is 0.707. The molecule has 1 aromatic carbocycles. The molecule has 154 valence electrons. The number of nitrogens with one attached hydrogen (secondary N) is 2. The van der Waals surface area contributed by atoms with Crippen LogP contribution in [-0.4, -0.2) is 62.3 Å². The predicted octanol–water partition coefficient (Wildman–Crippen LogP) is 2.00. The van der Waals surface area contributed by atoms with E-state index in [9.17, 15) is 4.79 Å². The van der Waals surface area contributed by atoms with Crippen LogP contribution in [0.2, 0.25) is 0 Å². The number of hydrogen-bond acceptors (Lipinski definition) is 5. The molecule has 6 nitrogen and oxygen atoms in total. The summed E-state index contributed by atoms with van der Waals surface area (Å²) in [5.74, 6) is 0.864. The number of amides is 1. The summed E-state index contributed by atoms with van der Waals surface area (Å²) < 4.78 is 11.3. The maximum absolute atomic E-state index is 12.2. The Hall–Kier alpha value is -1.05. The zero-order valence-electron chi connectivity index (χ0n) is 15.8. The summed E-state index contributed by atoms with van der Waals surface area (Å²) in [5.41, 5.74) is 1.06. The summed E-state index contributed by atoms with van der Waals surface area (Å²) in [6, 6.07) is 7.66. The van der Waals surface area contributed by atoms with Gasteiger partial charge in [-0.25, -0.2) is 0 Å². The number of hydrogen-bond donors (Lipinski definition) is 2. The molecule has 2 heterocycles. The Morgan fingerprint density at radius 1 is 1.26 bits per heavy atom. The molecule has 2 aliphatic rings. The van der Waals surface area contributed by atoms with Crippen LogP contribution in [0.15, 0.2) is 24.3 Å². The molecule has 3 rings (SSSR count). The molecule has 8 heteroatoms. The molecule has 0 unspecified atom stereocenters. The molecule has 2 saturated heterocycles. The molecular weight excluding hydrogens is 389 g/mol. The summed E-state index contributed by atoms with van der Waals surface area (Å²) in [6.45, 7) is 7.91. The molecule has 2 aliphatic heterocycles. The van der Waals surface area contributed by atoms with Gasteiger partial charge in [0.15, 0.2) is 0 Å². The number of rotatable bonds is 7. The lowest BCUT2D eigenvalue weighted by Gasteiger charge is -2.29. The van der Waals surface area contributed by atoms with Crippen molar-refractivity contribution in [2.75, 3.05) is 39.4 Å². The van der Waals surface area contributed by atoms with Crippen molar-refractivity contribution in [2.24, 2.45) is 0 Å². The van der Waals surface area contributed by atoms with Crippen molar-refractivity contribution in [3.8, 4) is 5.75 Å². The smallest absolute Gasteiger partial charge is 0.240 e. The molecule has 2 atom stereocenters. The van der Waals surface area contributed by atoms with E-state index in [2.05, 4.69) is 15.5 Å². The first-order chi connectivity index (χ1) is 12.2. The number of carbonyl (C=O) groups excluding carboxylic acids is 1. The number of morpholine rings is 1. The molecule has 0 aliphatic carbocycles. The van der Waals surface area contributed by atoms with Crippen LogP contribution in [0.25, 0.3) is 0 Å². The Balaban J connectivity index is 0.00000182. The summed E-state index contributed by atoms with van der Waals surface area (Å²) in [4.78, 5) is 14.7. The first kappa shape index (κ1) is 24.0. The molecule has 2 fully saturated rings. The number of ether oxygens (including phenoxy) is 2. The molecule has 0 saturated carbocycles. The summed E-state index contributed by atoms with van der Waals surface area (Å²) >= 11 is 0. The van der Waals surface area contributed by atoms with Gasteiger partial charge >= 0.3 is 0 Å². The zero-order chi connectivity index (χ0) is 17.5. The third-order valence-electron chi connectivity index (χ3n) is 4.86. The summed E-state index contributed by atoms with van der Waals surface area (Å²) in [7, 11) is 0.